The average molecular weight is 279 g/mol. The molecule has 102 valence electrons. The topological polar surface area (TPSA) is 62.3 Å². The number of carbonyl (C=O) groups is 2. The van der Waals surface area contributed by atoms with Crippen LogP contribution in [0.25, 0.3) is 0 Å². The van der Waals surface area contributed by atoms with E-state index in [1.165, 1.54) is 37.5 Å². The van der Waals surface area contributed by atoms with Crippen molar-refractivity contribution < 1.29 is 9.59 Å². The van der Waals surface area contributed by atoms with Gasteiger partial charge in [0.05, 0.1) is 0 Å². The summed E-state index contributed by atoms with van der Waals surface area (Å²) in [6.07, 6.45) is 3.81. The molecule has 3 rings (SSSR count). The van der Waals surface area contributed by atoms with E-state index in [1.807, 2.05) is 4.90 Å². The molecule has 0 unspecified atom stereocenters. The summed E-state index contributed by atoms with van der Waals surface area (Å²) in [7, 11) is 0. The van der Waals surface area contributed by atoms with E-state index in [1.54, 1.807) is 5.38 Å². The highest BCUT2D eigenvalue weighted by Crippen LogP contribution is 2.38. The number of thiazole rings is 1. The van der Waals surface area contributed by atoms with Crippen LogP contribution in [0.1, 0.15) is 36.7 Å². The lowest BCUT2D eigenvalue weighted by molar-refractivity contribution is -0.114. The van der Waals surface area contributed by atoms with Gasteiger partial charge < -0.3 is 10.2 Å². The molecule has 5 nitrogen and oxygen atoms in total. The first kappa shape index (κ1) is 12.6. The number of nitrogens with one attached hydrogen (secondary N) is 1. The average Bonchev–Trinajstić information content (AvgIpc) is 2.99. The summed E-state index contributed by atoms with van der Waals surface area (Å²) in [6, 6.07) is 0. The largest absolute Gasteiger partial charge is 0.337 e. The normalized spacial score (nSPS) is 25.4. The first-order valence-electron chi connectivity index (χ1n) is 6.66. The van der Waals surface area contributed by atoms with Crippen LogP contribution in [0.5, 0.6) is 0 Å². The number of likely N-dealkylation sites (tertiary alicyclic amines) is 1. The number of nitrogens with zero attached hydrogens (tertiary/aromatic N) is 2. The molecule has 2 heterocycles. The number of carbonyl (C=O) groups excluding carboxylic acids is 2. The fraction of sp³-hybridized carbons (Fsp3) is 0.615. The minimum atomic E-state index is -0.163. The van der Waals surface area contributed by atoms with Crippen LogP contribution in [-0.2, 0) is 4.79 Å². The summed E-state index contributed by atoms with van der Waals surface area (Å²) >= 11 is 1.30. The van der Waals surface area contributed by atoms with E-state index in [-0.39, 0.29) is 11.8 Å². The smallest absolute Gasteiger partial charge is 0.273 e. The van der Waals surface area contributed by atoms with Gasteiger partial charge in [0.25, 0.3) is 5.91 Å². The molecule has 0 radical (unpaired) electrons. The highest BCUT2D eigenvalue weighted by molar-refractivity contribution is 7.14. The van der Waals surface area contributed by atoms with E-state index < -0.39 is 0 Å². The molecule has 0 bridgehead atoms. The quantitative estimate of drug-likeness (QED) is 0.900. The van der Waals surface area contributed by atoms with Gasteiger partial charge in [-0.25, -0.2) is 4.98 Å². The molecule has 1 N–H and O–H groups in total. The van der Waals surface area contributed by atoms with Gasteiger partial charge >= 0.3 is 0 Å². The predicted molar refractivity (Wildman–Crippen MR) is 73.2 cm³/mol. The fourth-order valence-corrected chi connectivity index (χ4v) is 3.87. The van der Waals surface area contributed by atoms with Crippen molar-refractivity contribution in [2.24, 2.45) is 11.8 Å². The van der Waals surface area contributed by atoms with E-state index >= 15 is 0 Å². The number of fused-ring (bicyclic) bond motifs is 1. The van der Waals surface area contributed by atoms with Gasteiger partial charge in [-0.1, -0.05) is 6.42 Å². The van der Waals surface area contributed by atoms with Crippen molar-refractivity contribution in [2.75, 3.05) is 18.4 Å². The van der Waals surface area contributed by atoms with Gasteiger partial charge in [0.1, 0.15) is 5.69 Å². The number of hydrogen-bond acceptors (Lipinski definition) is 4. The lowest BCUT2D eigenvalue weighted by Crippen LogP contribution is -2.29. The van der Waals surface area contributed by atoms with E-state index in [4.69, 9.17) is 0 Å². The van der Waals surface area contributed by atoms with Crippen LogP contribution < -0.4 is 5.32 Å². The van der Waals surface area contributed by atoms with Crippen molar-refractivity contribution in [1.82, 2.24) is 9.88 Å². The second-order valence-corrected chi connectivity index (χ2v) is 6.24. The van der Waals surface area contributed by atoms with Crippen LogP contribution in [0, 0.1) is 11.8 Å². The van der Waals surface area contributed by atoms with E-state index in [0.29, 0.717) is 22.7 Å². The molecule has 1 saturated carbocycles. The fourth-order valence-electron chi connectivity index (χ4n) is 3.14. The summed E-state index contributed by atoms with van der Waals surface area (Å²) < 4.78 is 0. The summed E-state index contributed by atoms with van der Waals surface area (Å²) in [5.41, 5.74) is 0.453. The first-order chi connectivity index (χ1) is 9.13. The van der Waals surface area contributed by atoms with Gasteiger partial charge in [-0.15, -0.1) is 11.3 Å². The van der Waals surface area contributed by atoms with Gasteiger partial charge in [-0.2, -0.15) is 0 Å². The molecule has 19 heavy (non-hydrogen) atoms. The Morgan fingerprint density at radius 3 is 2.68 bits per heavy atom. The zero-order valence-corrected chi connectivity index (χ0v) is 11.7. The molecule has 1 aromatic heterocycles. The third-order valence-electron chi connectivity index (χ3n) is 4.02. The van der Waals surface area contributed by atoms with Gasteiger partial charge in [-0.3, -0.25) is 9.59 Å². The molecule has 1 aliphatic heterocycles. The highest BCUT2D eigenvalue weighted by Gasteiger charge is 2.38. The van der Waals surface area contributed by atoms with Crippen molar-refractivity contribution in [3.05, 3.63) is 11.1 Å². The molecule has 1 aromatic rings. The second-order valence-electron chi connectivity index (χ2n) is 5.38. The number of rotatable bonds is 2. The maximum absolute atomic E-state index is 12.3. The lowest BCUT2D eigenvalue weighted by atomic mass is 10.0. The van der Waals surface area contributed by atoms with E-state index in [0.717, 1.165) is 13.1 Å². The Kier molecular flexibility index (Phi) is 3.26. The van der Waals surface area contributed by atoms with Crippen molar-refractivity contribution in [2.45, 2.75) is 26.2 Å². The third kappa shape index (κ3) is 2.49. The molecule has 1 aliphatic carbocycles. The number of aromatic nitrogens is 1. The second kappa shape index (κ2) is 4.92. The Morgan fingerprint density at radius 2 is 2.05 bits per heavy atom. The Labute approximate surface area is 116 Å². The SMILES string of the molecule is CC(=O)Nc1nc(C(=O)N2C[C@@H]3CCC[C@H]3C2)cs1. The van der Waals surface area contributed by atoms with Crippen molar-refractivity contribution in [1.29, 1.82) is 0 Å². The lowest BCUT2D eigenvalue weighted by Gasteiger charge is -2.15. The van der Waals surface area contributed by atoms with Crippen molar-refractivity contribution in [3.8, 4) is 0 Å². The zero-order chi connectivity index (χ0) is 13.4. The van der Waals surface area contributed by atoms with Crippen LogP contribution in [0.4, 0.5) is 5.13 Å². The van der Waals surface area contributed by atoms with E-state index in [2.05, 4.69) is 10.3 Å². The van der Waals surface area contributed by atoms with E-state index in [9.17, 15) is 9.59 Å². The Balaban J connectivity index is 1.67. The number of amides is 2. The van der Waals surface area contributed by atoms with Crippen LogP contribution in [0.3, 0.4) is 0 Å². The highest BCUT2D eigenvalue weighted by atomic mass is 32.1. The molecule has 2 aliphatic rings. The minimum absolute atomic E-state index is 0.00209. The maximum atomic E-state index is 12.3. The molecular weight excluding hydrogens is 262 g/mol. The molecule has 0 aromatic carbocycles. The zero-order valence-electron chi connectivity index (χ0n) is 10.9. The maximum Gasteiger partial charge on any atom is 0.273 e. The summed E-state index contributed by atoms with van der Waals surface area (Å²) in [5, 5.41) is 4.83. The molecule has 2 amide bonds. The monoisotopic (exact) mass is 279 g/mol. The van der Waals surface area contributed by atoms with Gasteiger partial charge in [0, 0.05) is 25.4 Å². The number of anilines is 1. The number of hydrogen-bond donors (Lipinski definition) is 1. The van der Waals surface area contributed by atoms with Crippen LogP contribution in [-0.4, -0.2) is 34.8 Å². The molecule has 6 heteroatoms. The van der Waals surface area contributed by atoms with Gasteiger partial charge in [-0.05, 0) is 24.7 Å². The van der Waals surface area contributed by atoms with Crippen LogP contribution in [0.15, 0.2) is 5.38 Å². The Bertz CT molecular complexity index is 502. The molecule has 2 fully saturated rings. The van der Waals surface area contributed by atoms with Crippen LogP contribution >= 0.6 is 11.3 Å². The van der Waals surface area contributed by atoms with Gasteiger partial charge in [0.15, 0.2) is 5.13 Å². The van der Waals surface area contributed by atoms with Crippen molar-refractivity contribution >= 4 is 28.3 Å². The standard InChI is InChI=1S/C13H17N3O2S/c1-8(17)14-13-15-11(7-19-13)12(18)16-5-9-3-2-4-10(9)6-16/h7,9-10H,2-6H2,1H3,(H,14,15,17)/t9-,10-/m0/s1. The summed E-state index contributed by atoms with van der Waals surface area (Å²) in [4.78, 5) is 29.4. The predicted octanol–water partition coefficient (Wildman–Crippen LogP) is 1.97. The molecular formula is C13H17N3O2S. The molecule has 0 spiro atoms. The molecule has 2 atom stereocenters. The van der Waals surface area contributed by atoms with Gasteiger partial charge in [0.2, 0.25) is 5.91 Å². The van der Waals surface area contributed by atoms with Crippen molar-refractivity contribution in [3.63, 3.8) is 0 Å². The minimum Gasteiger partial charge on any atom is -0.337 e. The van der Waals surface area contributed by atoms with Crippen LogP contribution in [0.2, 0.25) is 0 Å². The summed E-state index contributed by atoms with van der Waals surface area (Å²) in [6.45, 7) is 3.18. The Hall–Kier alpha value is -1.43. The Morgan fingerprint density at radius 1 is 1.37 bits per heavy atom. The molecule has 1 saturated heterocycles. The third-order valence-corrected chi connectivity index (χ3v) is 4.78. The first-order valence-corrected chi connectivity index (χ1v) is 7.54. The summed E-state index contributed by atoms with van der Waals surface area (Å²) in [5.74, 6) is 1.22.